The van der Waals surface area contributed by atoms with Crippen LogP contribution >= 0.6 is 15.9 Å². The monoisotopic (exact) mass is 295 g/mol. The molecule has 17 heavy (non-hydrogen) atoms. The van der Waals surface area contributed by atoms with E-state index >= 15 is 0 Å². The molecule has 86 valence electrons. The van der Waals surface area contributed by atoms with E-state index in [0.29, 0.717) is 10.3 Å². The van der Waals surface area contributed by atoms with Crippen LogP contribution in [-0.2, 0) is 0 Å². The van der Waals surface area contributed by atoms with E-state index < -0.39 is 11.7 Å². The van der Waals surface area contributed by atoms with Crippen LogP contribution in [0.25, 0.3) is 0 Å². The highest BCUT2D eigenvalue weighted by Gasteiger charge is 2.09. The van der Waals surface area contributed by atoms with Crippen LogP contribution in [0.1, 0.15) is 10.5 Å². The molecule has 4 nitrogen and oxygen atoms in total. The Hall–Kier alpha value is -1.82. The van der Waals surface area contributed by atoms with Gasteiger partial charge in [-0.15, -0.1) is 0 Å². The van der Waals surface area contributed by atoms with Crippen molar-refractivity contribution in [3.05, 3.63) is 52.8 Å². The van der Waals surface area contributed by atoms with Crippen LogP contribution < -0.4 is 5.32 Å². The molecule has 2 aromatic heterocycles. The van der Waals surface area contributed by atoms with Gasteiger partial charge < -0.3 is 5.32 Å². The molecule has 0 unspecified atom stereocenters. The van der Waals surface area contributed by atoms with Crippen LogP contribution in [0.15, 0.2) is 41.3 Å². The number of nitrogens with zero attached hydrogens (tertiary/aromatic N) is 2. The van der Waals surface area contributed by atoms with Gasteiger partial charge in [-0.05, 0) is 40.2 Å². The SMILES string of the molecule is O=C(Nc1cccnc1Br)c1ccc(F)cn1. The molecule has 0 radical (unpaired) electrons. The number of nitrogens with one attached hydrogen (secondary N) is 1. The Bertz CT molecular complexity index is 545. The second kappa shape index (κ2) is 5.01. The Labute approximate surface area is 105 Å². The van der Waals surface area contributed by atoms with E-state index in [4.69, 9.17) is 0 Å². The van der Waals surface area contributed by atoms with Crippen molar-refractivity contribution < 1.29 is 9.18 Å². The summed E-state index contributed by atoms with van der Waals surface area (Å²) in [4.78, 5) is 19.4. The molecule has 0 spiro atoms. The highest BCUT2D eigenvalue weighted by Crippen LogP contribution is 2.18. The first-order valence-corrected chi connectivity index (χ1v) is 5.49. The molecular weight excluding hydrogens is 289 g/mol. The molecule has 1 N–H and O–H groups in total. The van der Waals surface area contributed by atoms with Crippen LogP contribution in [0, 0.1) is 5.82 Å². The van der Waals surface area contributed by atoms with E-state index in [2.05, 4.69) is 31.2 Å². The van der Waals surface area contributed by atoms with E-state index in [1.165, 1.54) is 12.1 Å². The second-order valence-corrected chi connectivity index (χ2v) is 3.91. The summed E-state index contributed by atoms with van der Waals surface area (Å²) in [6, 6.07) is 5.88. The lowest BCUT2D eigenvalue weighted by Gasteiger charge is -2.05. The number of anilines is 1. The van der Waals surface area contributed by atoms with Crippen molar-refractivity contribution in [1.82, 2.24) is 9.97 Å². The molecule has 2 aromatic rings. The van der Waals surface area contributed by atoms with E-state index in [-0.39, 0.29) is 5.69 Å². The molecule has 0 saturated carbocycles. The van der Waals surface area contributed by atoms with Gasteiger partial charge in [0.05, 0.1) is 11.9 Å². The van der Waals surface area contributed by atoms with Gasteiger partial charge in [0.2, 0.25) is 0 Å². The summed E-state index contributed by atoms with van der Waals surface area (Å²) >= 11 is 3.20. The third-order valence-corrected chi connectivity index (χ3v) is 2.60. The molecule has 6 heteroatoms. The Morgan fingerprint density at radius 3 is 2.76 bits per heavy atom. The molecule has 2 rings (SSSR count). The average molecular weight is 296 g/mol. The zero-order chi connectivity index (χ0) is 12.3. The number of hydrogen-bond donors (Lipinski definition) is 1. The predicted octanol–water partition coefficient (Wildman–Crippen LogP) is 2.63. The number of halogens is 2. The minimum Gasteiger partial charge on any atom is -0.318 e. The fraction of sp³-hybridized carbons (Fsp3) is 0. The zero-order valence-corrected chi connectivity index (χ0v) is 10.1. The summed E-state index contributed by atoms with van der Waals surface area (Å²) in [6.07, 6.45) is 2.59. The lowest BCUT2D eigenvalue weighted by atomic mass is 10.3. The quantitative estimate of drug-likeness (QED) is 0.867. The van der Waals surface area contributed by atoms with E-state index in [1.54, 1.807) is 18.3 Å². The summed E-state index contributed by atoms with van der Waals surface area (Å²) in [5.74, 6) is -0.900. The number of carbonyl (C=O) groups excluding carboxylic acids is 1. The van der Waals surface area contributed by atoms with Gasteiger partial charge in [0.1, 0.15) is 16.1 Å². The van der Waals surface area contributed by atoms with Gasteiger partial charge in [-0.3, -0.25) is 4.79 Å². The molecule has 0 atom stereocenters. The fourth-order valence-electron chi connectivity index (χ4n) is 1.18. The Kier molecular flexibility index (Phi) is 3.43. The van der Waals surface area contributed by atoms with Crippen molar-refractivity contribution >= 4 is 27.5 Å². The predicted molar refractivity (Wildman–Crippen MR) is 64.1 cm³/mol. The number of pyridine rings is 2. The minimum atomic E-state index is -0.482. The number of amides is 1. The molecule has 0 aliphatic heterocycles. The molecule has 2 heterocycles. The normalized spacial score (nSPS) is 10.0. The first kappa shape index (κ1) is 11.7. The van der Waals surface area contributed by atoms with Gasteiger partial charge in [0.25, 0.3) is 5.91 Å². The van der Waals surface area contributed by atoms with Crippen molar-refractivity contribution in [2.75, 3.05) is 5.32 Å². The number of hydrogen-bond acceptors (Lipinski definition) is 3. The summed E-state index contributed by atoms with van der Waals surface area (Å²) in [5.41, 5.74) is 0.672. The van der Waals surface area contributed by atoms with Crippen molar-refractivity contribution in [3.8, 4) is 0 Å². The maximum atomic E-state index is 12.6. The van der Waals surface area contributed by atoms with Gasteiger partial charge in [-0.2, -0.15) is 0 Å². The number of aromatic nitrogens is 2. The smallest absolute Gasteiger partial charge is 0.274 e. The Morgan fingerprint density at radius 1 is 1.29 bits per heavy atom. The van der Waals surface area contributed by atoms with Gasteiger partial charge in [0, 0.05) is 6.20 Å². The third-order valence-electron chi connectivity index (χ3n) is 1.97. The molecule has 0 fully saturated rings. The summed E-state index contributed by atoms with van der Waals surface area (Å²) in [5, 5.41) is 2.61. The van der Waals surface area contributed by atoms with Crippen LogP contribution in [0.4, 0.5) is 10.1 Å². The van der Waals surface area contributed by atoms with Crippen molar-refractivity contribution in [1.29, 1.82) is 0 Å². The topological polar surface area (TPSA) is 54.9 Å². The first-order chi connectivity index (χ1) is 8.16. The van der Waals surface area contributed by atoms with Gasteiger partial charge in [0.15, 0.2) is 0 Å². The van der Waals surface area contributed by atoms with Crippen molar-refractivity contribution in [3.63, 3.8) is 0 Å². The second-order valence-electron chi connectivity index (χ2n) is 3.16. The highest BCUT2D eigenvalue weighted by molar-refractivity contribution is 9.10. The lowest BCUT2D eigenvalue weighted by molar-refractivity contribution is 0.102. The van der Waals surface area contributed by atoms with E-state index in [1.807, 2.05) is 0 Å². The minimum absolute atomic E-state index is 0.141. The molecule has 0 bridgehead atoms. The Balaban J connectivity index is 2.17. The number of rotatable bonds is 2. The molecule has 1 amide bonds. The third kappa shape index (κ3) is 2.85. The van der Waals surface area contributed by atoms with Crippen LogP contribution in [0.2, 0.25) is 0 Å². The Morgan fingerprint density at radius 2 is 2.12 bits per heavy atom. The van der Waals surface area contributed by atoms with Crippen LogP contribution in [-0.4, -0.2) is 15.9 Å². The lowest BCUT2D eigenvalue weighted by Crippen LogP contribution is -2.14. The van der Waals surface area contributed by atoms with E-state index in [0.717, 1.165) is 6.20 Å². The van der Waals surface area contributed by atoms with E-state index in [9.17, 15) is 9.18 Å². The zero-order valence-electron chi connectivity index (χ0n) is 8.52. The van der Waals surface area contributed by atoms with Crippen molar-refractivity contribution in [2.24, 2.45) is 0 Å². The van der Waals surface area contributed by atoms with Crippen LogP contribution in [0.3, 0.4) is 0 Å². The fourth-order valence-corrected chi connectivity index (χ4v) is 1.53. The maximum absolute atomic E-state index is 12.6. The summed E-state index contributed by atoms with van der Waals surface area (Å²) in [6.45, 7) is 0. The summed E-state index contributed by atoms with van der Waals surface area (Å²) < 4.78 is 13.2. The number of carbonyl (C=O) groups is 1. The van der Waals surface area contributed by atoms with Crippen molar-refractivity contribution in [2.45, 2.75) is 0 Å². The maximum Gasteiger partial charge on any atom is 0.274 e. The molecule has 0 aromatic carbocycles. The van der Waals surface area contributed by atoms with Gasteiger partial charge in [-0.1, -0.05) is 0 Å². The largest absolute Gasteiger partial charge is 0.318 e. The first-order valence-electron chi connectivity index (χ1n) is 4.70. The molecule has 0 aliphatic rings. The van der Waals surface area contributed by atoms with Crippen LogP contribution in [0.5, 0.6) is 0 Å². The molecular formula is C11H7BrFN3O. The average Bonchev–Trinajstić information content (AvgIpc) is 2.33. The molecule has 0 saturated heterocycles. The van der Waals surface area contributed by atoms with Gasteiger partial charge >= 0.3 is 0 Å². The van der Waals surface area contributed by atoms with Gasteiger partial charge in [-0.25, -0.2) is 14.4 Å². The standard InChI is InChI=1S/C11H7BrFN3O/c12-10-8(2-1-5-14-10)16-11(17)9-4-3-7(13)6-15-9/h1-6H,(H,16,17). The molecule has 0 aliphatic carbocycles. The summed E-state index contributed by atoms with van der Waals surface area (Å²) in [7, 11) is 0. The highest BCUT2D eigenvalue weighted by atomic mass is 79.9.